The van der Waals surface area contributed by atoms with Crippen LogP contribution < -0.4 is 9.47 Å². The third-order valence-corrected chi connectivity index (χ3v) is 4.22. The molecule has 0 fully saturated rings. The Labute approximate surface area is 151 Å². The number of ether oxygens (including phenoxy) is 2. The smallest absolute Gasteiger partial charge is 0.215 e. The van der Waals surface area contributed by atoms with Crippen LogP contribution in [0.25, 0.3) is 22.2 Å². The van der Waals surface area contributed by atoms with Crippen molar-refractivity contribution in [2.75, 3.05) is 7.11 Å². The van der Waals surface area contributed by atoms with Crippen molar-refractivity contribution in [1.82, 2.24) is 15.0 Å². The molecule has 0 atom stereocenters. The maximum atomic E-state index is 6.25. The molecular formula is C21H19N3O2. The lowest BCUT2D eigenvalue weighted by molar-refractivity contribution is 0.394. The zero-order valence-electron chi connectivity index (χ0n) is 14.9. The molecule has 1 N–H and O–H groups in total. The summed E-state index contributed by atoms with van der Waals surface area (Å²) in [5.41, 5.74) is 4.60. The Bertz CT molecular complexity index is 1070. The molecule has 2 aromatic heterocycles. The number of aryl methyl sites for hydroxylation is 2. The van der Waals surface area contributed by atoms with Gasteiger partial charge in [0.25, 0.3) is 0 Å². The average Bonchev–Trinajstić information content (AvgIpc) is 3.03. The van der Waals surface area contributed by atoms with Gasteiger partial charge in [-0.15, -0.1) is 0 Å². The molecule has 2 aromatic carbocycles. The molecule has 0 unspecified atom stereocenters. The summed E-state index contributed by atoms with van der Waals surface area (Å²) in [6.07, 6.45) is 1.80. The molecule has 4 aromatic rings. The van der Waals surface area contributed by atoms with Gasteiger partial charge in [0.1, 0.15) is 17.1 Å². The number of hydrogen-bond acceptors (Lipinski definition) is 4. The number of fused-ring (bicyclic) bond motifs is 1. The topological polar surface area (TPSA) is 60.0 Å². The summed E-state index contributed by atoms with van der Waals surface area (Å²) < 4.78 is 11.5. The zero-order chi connectivity index (χ0) is 18.1. The van der Waals surface area contributed by atoms with Crippen molar-refractivity contribution < 1.29 is 9.47 Å². The Morgan fingerprint density at radius 2 is 1.81 bits per heavy atom. The van der Waals surface area contributed by atoms with Gasteiger partial charge in [0.2, 0.25) is 5.88 Å². The van der Waals surface area contributed by atoms with Crippen LogP contribution in [0.3, 0.4) is 0 Å². The van der Waals surface area contributed by atoms with Crippen LogP contribution in [0.4, 0.5) is 0 Å². The quantitative estimate of drug-likeness (QED) is 0.563. The van der Waals surface area contributed by atoms with E-state index in [0.717, 1.165) is 39.3 Å². The molecule has 0 amide bonds. The number of nitrogens with one attached hydrogen (secondary N) is 1. The van der Waals surface area contributed by atoms with Crippen LogP contribution in [-0.4, -0.2) is 22.1 Å². The van der Waals surface area contributed by atoms with E-state index in [1.165, 1.54) is 0 Å². The van der Waals surface area contributed by atoms with Crippen LogP contribution in [0.15, 0.2) is 54.7 Å². The molecule has 5 heteroatoms. The number of pyridine rings is 1. The minimum atomic E-state index is 0.621. The van der Waals surface area contributed by atoms with Crippen LogP contribution in [0.2, 0.25) is 0 Å². The number of methoxy groups -OCH3 is 1. The van der Waals surface area contributed by atoms with E-state index < -0.39 is 0 Å². The van der Waals surface area contributed by atoms with E-state index in [0.29, 0.717) is 11.6 Å². The number of para-hydroxylation sites is 1. The number of aromatic nitrogens is 3. The summed E-state index contributed by atoms with van der Waals surface area (Å²) >= 11 is 0. The second-order valence-corrected chi connectivity index (χ2v) is 6.13. The third-order valence-electron chi connectivity index (χ3n) is 4.22. The van der Waals surface area contributed by atoms with Crippen LogP contribution in [0, 0.1) is 13.8 Å². The first-order valence-electron chi connectivity index (χ1n) is 8.39. The molecule has 0 saturated heterocycles. The molecule has 0 spiro atoms. The predicted octanol–water partition coefficient (Wildman–Crippen LogP) is 5.04. The predicted molar refractivity (Wildman–Crippen MR) is 102 cm³/mol. The number of H-pyrrole nitrogens is 1. The number of imidazole rings is 1. The maximum Gasteiger partial charge on any atom is 0.215 e. The summed E-state index contributed by atoms with van der Waals surface area (Å²) in [6.45, 7) is 3.91. The minimum absolute atomic E-state index is 0.621. The Morgan fingerprint density at radius 1 is 1.00 bits per heavy atom. The Balaban J connectivity index is 1.91. The van der Waals surface area contributed by atoms with Crippen molar-refractivity contribution in [3.8, 4) is 28.5 Å². The van der Waals surface area contributed by atoms with Gasteiger partial charge >= 0.3 is 0 Å². The molecule has 0 radical (unpaired) electrons. The summed E-state index contributed by atoms with van der Waals surface area (Å²) in [4.78, 5) is 12.3. The van der Waals surface area contributed by atoms with E-state index in [4.69, 9.17) is 9.47 Å². The highest BCUT2D eigenvalue weighted by Gasteiger charge is 2.16. The van der Waals surface area contributed by atoms with Gasteiger partial charge in [-0.05, 0) is 44.2 Å². The first-order chi connectivity index (χ1) is 12.7. The van der Waals surface area contributed by atoms with Crippen molar-refractivity contribution in [1.29, 1.82) is 0 Å². The molecule has 0 aliphatic heterocycles. The molecular weight excluding hydrogens is 326 g/mol. The highest BCUT2D eigenvalue weighted by molar-refractivity contribution is 5.91. The van der Waals surface area contributed by atoms with Gasteiger partial charge in [0.15, 0.2) is 5.75 Å². The zero-order valence-corrected chi connectivity index (χ0v) is 14.9. The highest BCUT2D eigenvalue weighted by atomic mass is 16.5. The fourth-order valence-electron chi connectivity index (χ4n) is 3.03. The largest absolute Gasteiger partial charge is 0.481 e. The fraction of sp³-hybridized carbons (Fsp3) is 0.143. The second-order valence-electron chi connectivity index (χ2n) is 6.13. The van der Waals surface area contributed by atoms with Gasteiger partial charge in [-0.25, -0.2) is 9.97 Å². The number of rotatable bonds is 4. The monoisotopic (exact) mass is 345 g/mol. The normalized spacial score (nSPS) is 10.9. The van der Waals surface area contributed by atoms with Gasteiger partial charge in [-0.3, -0.25) is 0 Å². The van der Waals surface area contributed by atoms with Crippen molar-refractivity contribution in [2.24, 2.45) is 0 Å². The molecule has 0 aliphatic rings. The minimum Gasteiger partial charge on any atom is -0.481 e. The van der Waals surface area contributed by atoms with Gasteiger partial charge in [-0.1, -0.05) is 18.2 Å². The van der Waals surface area contributed by atoms with Gasteiger partial charge in [-0.2, -0.15) is 0 Å². The first kappa shape index (κ1) is 16.1. The van der Waals surface area contributed by atoms with Crippen molar-refractivity contribution in [2.45, 2.75) is 13.8 Å². The van der Waals surface area contributed by atoms with Crippen molar-refractivity contribution in [3.05, 3.63) is 66.1 Å². The van der Waals surface area contributed by atoms with E-state index >= 15 is 0 Å². The molecule has 26 heavy (non-hydrogen) atoms. The van der Waals surface area contributed by atoms with E-state index in [1.54, 1.807) is 13.3 Å². The summed E-state index contributed by atoms with van der Waals surface area (Å²) in [5, 5.41) is 0. The number of aromatic amines is 1. The SMILES string of the molecule is COc1ncc(-c2ccc3[nH]c(C)nc3c2Oc2ccccc2)cc1C. The molecule has 0 saturated carbocycles. The molecule has 4 rings (SSSR count). The Morgan fingerprint density at radius 3 is 2.54 bits per heavy atom. The fourth-order valence-corrected chi connectivity index (χ4v) is 3.03. The van der Waals surface area contributed by atoms with Gasteiger partial charge in [0.05, 0.1) is 12.6 Å². The lowest BCUT2D eigenvalue weighted by Crippen LogP contribution is -1.94. The van der Waals surface area contributed by atoms with E-state index in [-0.39, 0.29) is 0 Å². The van der Waals surface area contributed by atoms with E-state index in [1.807, 2.05) is 62.4 Å². The standard InChI is InChI=1S/C21H19N3O2/c1-13-11-15(12-22-21(13)25-3)17-9-10-18-19(24-14(2)23-18)20(17)26-16-7-5-4-6-8-16/h4-12H,1-3H3,(H,23,24). The van der Waals surface area contributed by atoms with Crippen LogP contribution >= 0.6 is 0 Å². The first-order valence-corrected chi connectivity index (χ1v) is 8.39. The maximum absolute atomic E-state index is 6.25. The van der Waals surface area contributed by atoms with Crippen molar-refractivity contribution in [3.63, 3.8) is 0 Å². The average molecular weight is 345 g/mol. The molecule has 0 bridgehead atoms. The molecule has 130 valence electrons. The third kappa shape index (κ3) is 2.88. The molecule has 5 nitrogen and oxygen atoms in total. The lowest BCUT2D eigenvalue weighted by Gasteiger charge is -2.13. The van der Waals surface area contributed by atoms with Crippen LogP contribution in [0.1, 0.15) is 11.4 Å². The second kappa shape index (κ2) is 6.52. The van der Waals surface area contributed by atoms with Gasteiger partial charge in [0, 0.05) is 22.9 Å². The van der Waals surface area contributed by atoms with E-state index in [2.05, 4.69) is 15.0 Å². The molecule has 0 aliphatic carbocycles. The van der Waals surface area contributed by atoms with E-state index in [9.17, 15) is 0 Å². The summed E-state index contributed by atoms with van der Waals surface area (Å²) in [7, 11) is 1.62. The lowest BCUT2D eigenvalue weighted by atomic mass is 10.0. The van der Waals surface area contributed by atoms with Crippen LogP contribution in [0.5, 0.6) is 17.4 Å². The Kier molecular flexibility index (Phi) is 4.05. The van der Waals surface area contributed by atoms with Crippen LogP contribution in [-0.2, 0) is 0 Å². The molecule has 2 heterocycles. The van der Waals surface area contributed by atoms with Crippen molar-refractivity contribution >= 4 is 11.0 Å². The summed E-state index contributed by atoms with van der Waals surface area (Å²) in [6, 6.07) is 15.8. The Hall–Kier alpha value is -3.34. The number of nitrogens with zero attached hydrogens (tertiary/aromatic N) is 2. The summed E-state index contributed by atoms with van der Waals surface area (Å²) in [5.74, 6) is 2.94. The highest BCUT2D eigenvalue weighted by Crippen LogP contribution is 2.39. The number of hydrogen-bond donors (Lipinski definition) is 1. The number of benzene rings is 2. The van der Waals surface area contributed by atoms with Gasteiger partial charge < -0.3 is 14.5 Å².